The number of guanidine groups is 1. The number of nitrogens with zero attached hydrogens (tertiary/aromatic N) is 3. The highest BCUT2D eigenvalue weighted by Crippen LogP contribution is 2.23. The smallest absolute Gasteiger partial charge is 0.246 e. The summed E-state index contributed by atoms with van der Waals surface area (Å²) in [6.07, 6.45) is 1.19. The zero-order valence-corrected chi connectivity index (χ0v) is 19.9. The highest BCUT2D eigenvalue weighted by molar-refractivity contribution is 14.0. The van der Waals surface area contributed by atoms with Crippen LogP contribution in [-0.4, -0.2) is 29.3 Å². The number of aromatic nitrogens is 2. The monoisotopic (exact) mass is 501 g/mol. The van der Waals surface area contributed by atoms with Crippen molar-refractivity contribution in [1.82, 2.24) is 20.8 Å². The predicted octanol–water partition coefficient (Wildman–Crippen LogP) is 3.98. The third kappa shape index (κ3) is 8.04. The Morgan fingerprint density at radius 1 is 1.18 bits per heavy atom. The van der Waals surface area contributed by atoms with Crippen LogP contribution in [0.3, 0.4) is 0 Å². The first-order valence-electron chi connectivity index (χ1n) is 9.37. The molecule has 0 aliphatic carbocycles. The average Bonchev–Trinajstić information content (AvgIpc) is 3.01. The maximum absolute atomic E-state index is 6.20. The van der Waals surface area contributed by atoms with Crippen molar-refractivity contribution in [3.8, 4) is 5.75 Å². The van der Waals surface area contributed by atoms with Crippen molar-refractivity contribution in [2.45, 2.75) is 60.2 Å². The summed E-state index contributed by atoms with van der Waals surface area (Å²) in [4.78, 5) is 8.41. The van der Waals surface area contributed by atoms with E-state index in [1.807, 2.05) is 0 Å². The summed E-state index contributed by atoms with van der Waals surface area (Å²) < 4.78 is 11.3. The Bertz CT molecular complexity index is 761. The van der Waals surface area contributed by atoms with Gasteiger partial charge in [0.15, 0.2) is 11.8 Å². The number of benzene rings is 1. The van der Waals surface area contributed by atoms with E-state index in [0.717, 1.165) is 17.7 Å². The first-order chi connectivity index (χ1) is 12.9. The Morgan fingerprint density at radius 3 is 2.50 bits per heavy atom. The molecule has 2 rings (SSSR count). The molecule has 8 heteroatoms. The Kier molecular flexibility index (Phi) is 10.3. The van der Waals surface area contributed by atoms with Gasteiger partial charge < -0.3 is 19.9 Å². The molecule has 0 aliphatic heterocycles. The van der Waals surface area contributed by atoms with Crippen LogP contribution in [0.2, 0.25) is 0 Å². The van der Waals surface area contributed by atoms with Crippen molar-refractivity contribution >= 4 is 29.9 Å². The van der Waals surface area contributed by atoms with Gasteiger partial charge in [-0.1, -0.05) is 31.1 Å². The quantitative estimate of drug-likeness (QED) is 0.324. The van der Waals surface area contributed by atoms with Gasteiger partial charge in [0.1, 0.15) is 5.75 Å². The Labute approximate surface area is 184 Å². The molecule has 1 atom stereocenters. The van der Waals surface area contributed by atoms with Crippen LogP contribution in [0, 0.1) is 19.8 Å². The Morgan fingerprint density at radius 2 is 1.89 bits per heavy atom. The molecule has 1 aromatic heterocycles. The molecule has 2 aromatic rings. The van der Waals surface area contributed by atoms with E-state index in [0.29, 0.717) is 36.7 Å². The van der Waals surface area contributed by atoms with Crippen molar-refractivity contribution in [3.05, 3.63) is 41.0 Å². The molecule has 1 unspecified atom stereocenters. The van der Waals surface area contributed by atoms with Crippen molar-refractivity contribution < 1.29 is 9.26 Å². The lowest BCUT2D eigenvalue weighted by molar-refractivity contribution is 0.191. The summed E-state index contributed by atoms with van der Waals surface area (Å²) in [7, 11) is 1.73. The first kappa shape index (κ1) is 24.2. The van der Waals surface area contributed by atoms with Gasteiger partial charge in [0.25, 0.3) is 0 Å². The van der Waals surface area contributed by atoms with E-state index >= 15 is 0 Å². The van der Waals surface area contributed by atoms with E-state index in [1.54, 1.807) is 14.0 Å². The minimum atomic E-state index is 0. The molecule has 0 radical (unpaired) electrons. The molecule has 28 heavy (non-hydrogen) atoms. The number of halogens is 1. The third-order valence-electron chi connectivity index (χ3n) is 4.00. The number of hydrogen-bond donors (Lipinski definition) is 2. The topological polar surface area (TPSA) is 84.6 Å². The second-order valence-electron chi connectivity index (χ2n) is 7.18. The van der Waals surface area contributed by atoms with E-state index in [9.17, 15) is 0 Å². The number of ether oxygens (including phenoxy) is 1. The number of rotatable bonds is 8. The highest BCUT2D eigenvalue weighted by Gasteiger charge is 2.11. The number of hydrogen-bond acceptors (Lipinski definition) is 5. The van der Waals surface area contributed by atoms with Gasteiger partial charge in [-0.15, -0.1) is 24.0 Å². The van der Waals surface area contributed by atoms with Gasteiger partial charge >= 0.3 is 0 Å². The van der Waals surface area contributed by atoms with Gasteiger partial charge in [-0.25, -0.2) is 0 Å². The van der Waals surface area contributed by atoms with Crippen LogP contribution in [0.5, 0.6) is 5.75 Å². The van der Waals surface area contributed by atoms with Crippen LogP contribution in [0.25, 0.3) is 0 Å². The van der Waals surface area contributed by atoms with Crippen molar-refractivity contribution in [2.75, 3.05) is 7.05 Å². The number of aryl methyl sites for hydroxylation is 2. The van der Waals surface area contributed by atoms with Crippen LogP contribution in [0.15, 0.2) is 27.7 Å². The third-order valence-corrected chi connectivity index (χ3v) is 4.00. The van der Waals surface area contributed by atoms with E-state index in [-0.39, 0.29) is 30.1 Å². The minimum Gasteiger partial charge on any atom is -0.490 e. The molecule has 0 amide bonds. The van der Waals surface area contributed by atoms with E-state index in [1.165, 1.54) is 5.56 Å². The molecular weight excluding hydrogens is 469 g/mol. The van der Waals surface area contributed by atoms with Gasteiger partial charge in [0.05, 0.1) is 12.6 Å². The molecule has 0 spiro atoms. The lowest BCUT2D eigenvalue weighted by Crippen LogP contribution is -2.36. The van der Waals surface area contributed by atoms with E-state index in [4.69, 9.17) is 9.26 Å². The second-order valence-corrected chi connectivity index (χ2v) is 7.18. The summed E-state index contributed by atoms with van der Waals surface area (Å²) in [5.41, 5.74) is 2.27. The predicted molar refractivity (Wildman–Crippen MR) is 122 cm³/mol. The fourth-order valence-electron chi connectivity index (χ4n) is 2.82. The average molecular weight is 501 g/mol. The maximum Gasteiger partial charge on any atom is 0.246 e. The summed E-state index contributed by atoms with van der Waals surface area (Å²) in [5, 5.41) is 10.3. The molecule has 0 saturated heterocycles. The molecule has 1 aromatic carbocycles. The summed E-state index contributed by atoms with van der Waals surface area (Å²) >= 11 is 0. The van der Waals surface area contributed by atoms with Crippen LogP contribution in [-0.2, 0) is 13.1 Å². The number of aliphatic imine (C=N–C) groups is 1. The molecular formula is C20H32IN5O2. The Hall–Kier alpha value is -1.84. The molecule has 0 aliphatic rings. The summed E-state index contributed by atoms with van der Waals surface area (Å²) in [5.74, 6) is 3.32. The van der Waals surface area contributed by atoms with Gasteiger partial charge in [-0.05, 0) is 44.7 Å². The van der Waals surface area contributed by atoms with Crippen molar-refractivity contribution in [1.29, 1.82) is 0 Å². The lowest BCUT2D eigenvalue weighted by Gasteiger charge is -2.20. The normalized spacial score (nSPS) is 12.5. The van der Waals surface area contributed by atoms with Gasteiger partial charge in [-0.3, -0.25) is 4.99 Å². The fourth-order valence-corrected chi connectivity index (χ4v) is 2.82. The zero-order chi connectivity index (χ0) is 19.8. The molecule has 0 saturated carbocycles. The largest absolute Gasteiger partial charge is 0.490 e. The lowest BCUT2D eigenvalue weighted by atomic mass is 10.1. The minimum absolute atomic E-state index is 0. The van der Waals surface area contributed by atoms with E-state index in [2.05, 4.69) is 71.7 Å². The SMILES string of the molecule is CN=C(NCc1nc(C)no1)NCc1ccc(C)cc1OC(C)CC(C)C.I. The molecule has 2 N–H and O–H groups in total. The molecule has 0 bridgehead atoms. The number of nitrogens with one attached hydrogen (secondary N) is 2. The molecule has 7 nitrogen and oxygen atoms in total. The molecule has 1 heterocycles. The van der Waals surface area contributed by atoms with Crippen molar-refractivity contribution in [3.63, 3.8) is 0 Å². The van der Waals surface area contributed by atoms with Crippen LogP contribution < -0.4 is 15.4 Å². The van der Waals surface area contributed by atoms with Crippen LogP contribution >= 0.6 is 24.0 Å². The zero-order valence-electron chi connectivity index (χ0n) is 17.6. The highest BCUT2D eigenvalue weighted by atomic mass is 127. The van der Waals surface area contributed by atoms with Gasteiger partial charge in [0.2, 0.25) is 5.89 Å². The summed E-state index contributed by atoms with van der Waals surface area (Å²) in [6, 6.07) is 6.27. The first-order valence-corrected chi connectivity index (χ1v) is 9.37. The van der Waals surface area contributed by atoms with Gasteiger partial charge in [0, 0.05) is 19.2 Å². The van der Waals surface area contributed by atoms with Crippen LogP contribution in [0.4, 0.5) is 0 Å². The molecule has 156 valence electrons. The second kappa shape index (κ2) is 11.9. The van der Waals surface area contributed by atoms with Crippen molar-refractivity contribution in [2.24, 2.45) is 10.9 Å². The fraction of sp³-hybridized carbons (Fsp3) is 0.550. The maximum atomic E-state index is 6.20. The standard InChI is InChI=1S/C20H31N5O2.HI/c1-13(2)9-15(4)26-18-10-14(3)7-8-17(18)11-22-20(21-6)23-12-19-24-16(5)25-27-19;/h7-8,10,13,15H,9,11-12H2,1-6H3,(H2,21,22,23);1H. The van der Waals surface area contributed by atoms with E-state index < -0.39 is 0 Å². The van der Waals surface area contributed by atoms with Crippen LogP contribution in [0.1, 0.15) is 50.0 Å². The summed E-state index contributed by atoms with van der Waals surface area (Å²) in [6.45, 7) is 11.4. The Balaban J connectivity index is 0.00000392. The van der Waals surface area contributed by atoms with Gasteiger partial charge in [-0.2, -0.15) is 4.98 Å². The molecule has 0 fully saturated rings.